The van der Waals surface area contributed by atoms with E-state index < -0.39 is 12.7 Å². The zero-order valence-electron chi connectivity index (χ0n) is 10.5. The normalized spacial score (nSPS) is 14.6. The fourth-order valence-corrected chi connectivity index (χ4v) is 2.39. The number of nitrogens with one attached hydrogen (secondary N) is 1. The number of halogens is 3. The number of benzene rings is 1. The second-order valence-electron chi connectivity index (χ2n) is 4.68. The molecule has 0 radical (unpaired) electrons. The Morgan fingerprint density at radius 2 is 2.11 bits per heavy atom. The first-order valence-electron chi connectivity index (χ1n) is 6.24. The van der Waals surface area contributed by atoms with E-state index in [9.17, 15) is 13.2 Å². The van der Waals surface area contributed by atoms with Crippen molar-refractivity contribution >= 4 is 5.69 Å². The maximum atomic E-state index is 12.5. The summed E-state index contributed by atoms with van der Waals surface area (Å²) in [5.41, 5.74) is 2.95. The number of rotatable bonds is 5. The van der Waals surface area contributed by atoms with Gasteiger partial charge in [0.1, 0.15) is 0 Å². The highest BCUT2D eigenvalue weighted by Gasteiger charge is 2.31. The molecule has 1 aromatic carbocycles. The van der Waals surface area contributed by atoms with Crippen LogP contribution in [0.3, 0.4) is 0 Å². The number of aliphatic hydroxyl groups excluding tert-OH is 1. The molecule has 0 atom stereocenters. The lowest BCUT2D eigenvalue weighted by molar-refractivity contribution is -0.147. The largest absolute Gasteiger partial charge is 0.401 e. The van der Waals surface area contributed by atoms with Crippen molar-refractivity contribution in [1.29, 1.82) is 0 Å². The summed E-state index contributed by atoms with van der Waals surface area (Å²) in [7, 11) is 0. The molecule has 6 heteroatoms. The van der Waals surface area contributed by atoms with Crippen LogP contribution in [0, 0.1) is 0 Å². The number of anilines is 1. The number of nitrogens with zero attached hydrogens (tertiary/aromatic N) is 1. The van der Waals surface area contributed by atoms with E-state index in [0.29, 0.717) is 0 Å². The van der Waals surface area contributed by atoms with Crippen molar-refractivity contribution in [3.63, 3.8) is 0 Å². The number of fused-ring (bicyclic) bond motifs is 1. The van der Waals surface area contributed by atoms with Crippen LogP contribution in [0.4, 0.5) is 18.9 Å². The van der Waals surface area contributed by atoms with Crippen LogP contribution >= 0.6 is 0 Å². The fraction of sp³-hybridized carbons (Fsp3) is 0.538. The molecule has 2 rings (SSSR count). The van der Waals surface area contributed by atoms with Gasteiger partial charge in [-0.25, -0.2) is 0 Å². The highest BCUT2D eigenvalue weighted by molar-refractivity contribution is 5.61. The van der Waals surface area contributed by atoms with Gasteiger partial charge in [0, 0.05) is 25.3 Å². The van der Waals surface area contributed by atoms with Crippen LogP contribution in [0.15, 0.2) is 18.2 Å². The zero-order valence-corrected chi connectivity index (χ0v) is 10.5. The Balaban J connectivity index is 2.11. The molecule has 0 fully saturated rings. The fourth-order valence-electron chi connectivity index (χ4n) is 2.39. The molecule has 1 aromatic rings. The minimum atomic E-state index is -4.25. The van der Waals surface area contributed by atoms with Crippen molar-refractivity contribution in [3.8, 4) is 0 Å². The topological polar surface area (TPSA) is 35.5 Å². The second-order valence-corrected chi connectivity index (χ2v) is 4.68. The lowest BCUT2D eigenvalue weighted by Crippen LogP contribution is -2.35. The Kier molecular flexibility index (Phi) is 4.31. The first kappa shape index (κ1) is 14.1. The molecule has 0 aromatic heterocycles. The van der Waals surface area contributed by atoms with Gasteiger partial charge in [-0.3, -0.25) is 4.90 Å². The summed E-state index contributed by atoms with van der Waals surface area (Å²) in [6, 6.07) is 5.68. The van der Waals surface area contributed by atoms with E-state index in [2.05, 4.69) is 5.32 Å². The lowest BCUT2D eigenvalue weighted by Gasteiger charge is -2.23. The van der Waals surface area contributed by atoms with Gasteiger partial charge in [-0.2, -0.15) is 13.2 Å². The maximum Gasteiger partial charge on any atom is 0.401 e. The Labute approximate surface area is 110 Å². The molecular weight excluding hydrogens is 257 g/mol. The van der Waals surface area contributed by atoms with E-state index >= 15 is 0 Å². The molecule has 0 bridgehead atoms. The molecule has 0 aliphatic carbocycles. The molecule has 3 nitrogen and oxygen atoms in total. The average Bonchev–Trinajstić information content (AvgIpc) is 2.76. The van der Waals surface area contributed by atoms with Crippen molar-refractivity contribution < 1.29 is 18.3 Å². The van der Waals surface area contributed by atoms with Gasteiger partial charge in [-0.1, -0.05) is 18.2 Å². The summed E-state index contributed by atoms with van der Waals surface area (Å²) in [6.07, 6.45) is -3.34. The number of para-hydroxylation sites is 1. The van der Waals surface area contributed by atoms with E-state index in [4.69, 9.17) is 5.11 Å². The third-order valence-electron chi connectivity index (χ3n) is 3.15. The molecule has 1 heterocycles. The standard InChI is InChI=1S/C13H17F3N2O/c14-13(15,16)9-18(6-7-19)8-11-3-1-2-10-4-5-17-12(10)11/h1-3,17,19H,4-9H2. The van der Waals surface area contributed by atoms with Gasteiger partial charge in [-0.15, -0.1) is 0 Å². The SMILES string of the molecule is OCCN(Cc1cccc2c1NCC2)CC(F)(F)F. The number of hydrogen-bond donors (Lipinski definition) is 2. The van der Waals surface area contributed by atoms with E-state index in [-0.39, 0.29) is 19.7 Å². The summed E-state index contributed by atoms with van der Waals surface area (Å²) in [5.74, 6) is 0. The Bertz CT molecular complexity index is 434. The van der Waals surface area contributed by atoms with Crippen molar-refractivity contribution in [1.82, 2.24) is 4.90 Å². The van der Waals surface area contributed by atoms with E-state index in [1.54, 1.807) is 0 Å². The predicted octanol–water partition coefficient (Wildman–Crippen LogP) is 2.01. The van der Waals surface area contributed by atoms with Crippen LogP contribution in [0.5, 0.6) is 0 Å². The lowest BCUT2D eigenvalue weighted by atomic mass is 10.1. The van der Waals surface area contributed by atoms with Gasteiger partial charge in [0.15, 0.2) is 0 Å². The number of alkyl halides is 3. The van der Waals surface area contributed by atoms with Crippen molar-refractivity contribution in [2.45, 2.75) is 19.1 Å². The minimum Gasteiger partial charge on any atom is -0.395 e. The van der Waals surface area contributed by atoms with Crippen molar-refractivity contribution in [2.24, 2.45) is 0 Å². The van der Waals surface area contributed by atoms with E-state index in [1.165, 1.54) is 4.90 Å². The Morgan fingerprint density at radius 3 is 2.79 bits per heavy atom. The maximum absolute atomic E-state index is 12.5. The third kappa shape index (κ3) is 3.84. The van der Waals surface area contributed by atoms with Crippen LogP contribution in [0.2, 0.25) is 0 Å². The van der Waals surface area contributed by atoms with Gasteiger partial charge < -0.3 is 10.4 Å². The van der Waals surface area contributed by atoms with Crippen LogP contribution in [0.1, 0.15) is 11.1 Å². The molecule has 0 saturated carbocycles. The monoisotopic (exact) mass is 274 g/mol. The summed E-state index contributed by atoms with van der Waals surface area (Å²) in [6.45, 7) is -0.249. The molecule has 0 unspecified atom stereocenters. The minimum absolute atomic E-state index is 0.0170. The predicted molar refractivity (Wildman–Crippen MR) is 67.1 cm³/mol. The molecule has 2 N–H and O–H groups in total. The summed E-state index contributed by atoms with van der Waals surface area (Å²) in [5, 5.41) is 12.1. The first-order chi connectivity index (χ1) is 8.99. The van der Waals surface area contributed by atoms with Crippen molar-refractivity contribution in [3.05, 3.63) is 29.3 Å². The molecule has 106 valence electrons. The van der Waals surface area contributed by atoms with Gasteiger partial charge in [0.05, 0.1) is 13.2 Å². The van der Waals surface area contributed by atoms with Crippen LogP contribution in [-0.4, -0.2) is 42.4 Å². The first-order valence-corrected chi connectivity index (χ1v) is 6.24. The second kappa shape index (κ2) is 5.79. The highest BCUT2D eigenvalue weighted by Crippen LogP contribution is 2.28. The zero-order chi connectivity index (χ0) is 13.9. The Morgan fingerprint density at radius 1 is 1.32 bits per heavy atom. The average molecular weight is 274 g/mol. The quantitative estimate of drug-likeness (QED) is 0.862. The third-order valence-corrected chi connectivity index (χ3v) is 3.15. The summed E-state index contributed by atoms with van der Waals surface area (Å²) >= 11 is 0. The molecule has 1 aliphatic rings. The van der Waals surface area contributed by atoms with Crippen LogP contribution in [0.25, 0.3) is 0 Å². The molecule has 0 amide bonds. The summed E-state index contributed by atoms with van der Waals surface area (Å²) in [4.78, 5) is 1.22. The molecule has 19 heavy (non-hydrogen) atoms. The van der Waals surface area contributed by atoms with Crippen molar-refractivity contribution in [2.75, 3.05) is 31.6 Å². The highest BCUT2D eigenvalue weighted by atomic mass is 19.4. The smallest absolute Gasteiger partial charge is 0.395 e. The molecular formula is C13H17F3N2O. The van der Waals surface area contributed by atoms with Gasteiger partial charge >= 0.3 is 6.18 Å². The van der Waals surface area contributed by atoms with E-state index in [0.717, 1.165) is 29.8 Å². The van der Waals surface area contributed by atoms with Gasteiger partial charge in [0.25, 0.3) is 0 Å². The molecule has 0 spiro atoms. The molecule has 1 aliphatic heterocycles. The van der Waals surface area contributed by atoms with E-state index in [1.807, 2.05) is 18.2 Å². The van der Waals surface area contributed by atoms with Crippen LogP contribution in [-0.2, 0) is 13.0 Å². The number of aliphatic hydroxyl groups is 1. The van der Waals surface area contributed by atoms with Gasteiger partial charge in [-0.05, 0) is 17.5 Å². The van der Waals surface area contributed by atoms with Gasteiger partial charge in [0.2, 0.25) is 0 Å². The number of hydrogen-bond acceptors (Lipinski definition) is 3. The Hall–Kier alpha value is -1.27. The molecule has 0 saturated heterocycles. The van der Waals surface area contributed by atoms with Crippen LogP contribution < -0.4 is 5.32 Å². The summed E-state index contributed by atoms with van der Waals surface area (Å²) < 4.78 is 37.4.